The molecule has 0 aliphatic rings. The van der Waals surface area contributed by atoms with E-state index in [1.54, 1.807) is 0 Å². The number of carbonyl (C=O) groups is 1. The van der Waals surface area contributed by atoms with E-state index in [4.69, 9.17) is 5.11 Å². The van der Waals surface area contributed by atoms with Gasteiger partial charge >= 0.3 is 13.6 Å². The zero-order valence-electron chi connectivity index (χ0n) is 9.42. The topological polar surface area (TPSA) is 94.8 Å². The van der Waals surface area contributed by atoms with E-state index in [1.165, 1.54) is 5.38 Å². The minimum atomic E-state index is -4.52. The van der Waals surface area contributed by atoms with Crippen LogP contribution in [-0.2, 0) is 11.0 Å². The Hall–Kier alpha value is -0.680. The van der Waals surface area contributed by atoms with Crippen LogP contribution in [0, 0.1) is 0 Å². The number of aromatic carboxylic acids is 1. The number of carboxylic acids is 1. The fourth-order valence-electron chi connectivity index (χ4n) is 1.60. The molecular formula is C10H15O5PS. The third kappa shape index (κ3) is 3.64. The maximum Gasteiger partial charge on any atom is 0.358 e. The molecule has 5 nitrogen and oxygen atoms in total. The monoisotopic (exact) mass is 278 g/mol. The van der Waals surface area contributed by atoms with Crippen LogP contribution in [0.5, 0.6) is 0 Å². The summed E-state index contributed by atoms with van der Waals surface area (Å²) in [6.07, 6.45) is 3.28. The molecular weight excluding hydrogens is 263 g/mol. The van der Waals surface area contributed by atoms with Crippen LogP contribution in [0.15, 0.2) is 5.38 Å². The van der Waals surface area contributed by atoms with Gasteiger partial charge in [0.15, 0.2) is 0 Å². The fourth-order valence-corrected chi connectivity index (χ4v) is 3.95. The largest absolute Gasteiger partial charge is 0.477 e. The molecule has 1 aromatic rings. The van der Waals surface area contributed by atoms with E-state index in [-0.39, 0.29) is 10.2 Å². The Balaban J connectivity index is 3.06. The molecule has 17 heavy (non-hydrogen) atoms. The summed E-state index contributed by atoms with van der Waals surface area (Å²) in [5, 5.41) is 10.1. The van der Waals surface area contributed by atoms with Gasteiger partial charge in [-0.1, -0.05) is 19.8 Å². The Morgan fingerprint density at radius 1 is 1.41 bits per heavy atom. The lowest BCUT2D eigenvalue weighted by atomic mass is 10.1. The second-order valence-electron chi connectivity index (χ2n) is 3.74. The molecule has 1 rings (SSSR count). The molecule has 0 bridgehead atoms. The molecule has 3 N–H and O–H groups in total. The second-order valence-corrected chi connectivity index (χ2v) is 6.16. The third-order valence-corrected chi connectivity index (χ3v) is 4.63. The molecule has 0 saturated carbocycles. The van der Waals surface area contributed by atoms with Crippen molar-refractivity contribution in [3.63, 3.8) is 0 Å². The van der Waals surface area contributed by atoms with E-state index in [0.717, 1.165) is 30.6 Å². The molecule has 0 aliphatic carbocycles. The van der Waals surface area contributed by atoms with Crippen LogP contribution in [0.4, 0.5) is 0 Å². The van der Waals surface area contributed by atoms with E-state index >= 15 is 0 Å². The minimum absolute atomic E-state index is 0.246. The van der Waals surface area contributed by atoms with Crippen molar-refractivity contribution in [1.82, 2.24) is 0 Å². The minimum Gasteiger partial charge on any atom is -0.477 e. The second kappa shape index (κ2) is 5.78. The summed E-state index contributed by atoms with van der Waals surface area (Å²) in [5.41, 5.74) is 0.467. The summed E-state index contributed by atoms with van der Waals surface area (Å²) in [6, 6.07) is 0. The summed E-state index contributed by atoms with van der Waals surface area (Å²) < 4.78 is 11.3. The highest BCUT2D eigenvalue weighted by molar-refractivity contribution is 7.61. The number of unbranched alkanes of at least 4 members (excludes halogenated alkanes) is 2. The molecule has 1 heterocycles. The third-order valence-electron chi connectivity index (χ3n) is 2.37. The first kappa shape index (κ1) is 14.4. The Morgan fingerprint density at radius 3 is 2.53 bits per heavy atom. The van der Waals surface area contributed by atoms with Crippen LogP contribution in [0.3, 0.4) is 0 Å². The normalized spacial score (nSPS) is 11.7. The molecule has 0 aliphatic heterocycles. The molecule has 96 valence electrons. The van der Waals surface area contributed by atoms with Crippen molar-refractivity contribution in [2.75, 3.05) is 0 Å². The van der Waals surface area contributed by atoms with E-state index in [9.17, 15) is 19.1 Å². The van der Waals surface area contributed by atoms with E-state index in [2.05, 4.69) is 0 Å². The highest BCUT2D eigenvalue weighted by Crippen LogP contribution is 2.39. The Morgan fingerprint density at radius 2 is 2.06 bits per heavy atom. The molecule has 0 amide bonds. The van der Waals surface area contributed by atoms with Gasteiger partial charge in [0.1, 0.15) is 4.88 Å². The number of thiophene rings is 1. The molecule has 0 saturated heterocycles. The lowest BCUT2D eigenvalue weighted by Gasteiger charge is -2.07. The number of hydrogen-bond donors (Lipinski definition) is 3. The summed E-state index contributed by atoms with van der Waals surface area (Å²) in [7, 11) is -4.52. The van der Waals surface area contributed by atoms with Gasteiger partial charge in [-0.15, -0.1) is 11.3 Å². The summed E-state index contributed by atoms with van der Waals surface area (Å²) >= 11 is 0.877. The smallest absolute Gasteiger partial charge is 0.358 e. The molecule has 0 radical (unpaired) electrons. The first-order chi connectivity index (χ1) is 7.88. The maximum absolute atomic E-state index is 11.3. The maximum atomic E-state index is 11.3. The SMILES string of the molecule is CCCCCc1csc(C(=O)O)c1P(=O)(O)O. The number of hydrogen-bond acceptors (Lipinski definition) is 3. The zero-order chi connectivity index (χ0) is 13.1. The van der Waals surface area contributed by atoms with Gasteiger partial charge in [-0.2, -0.15) is 0 Å². The van der Waals surface area contributed by atoms with Crippen LogP contribution in [0.1, 0.15) is 41.4 Å². The standard InChI is InChI=1S/C10H15O5PS/c1-2-3-4-5-7-6-17-9(10(11)12)8(7)16(13,14)15/h6H,2-5H2,1H3,(H,11,12)(H2,13,14,15). The lowest BCUT2D eigenvalue weighted by Crippen LogP contribution is -2.15. The van der Waals surface area contributed by atoms with E-state index in [0.29, 0.717) is 12.0 Å². The van der Waals surface area contributed by atoms with Gasteiger partial charge in [0.05, 0.1) is 5.30 Å². The van der Waals surface area contributed by atoms with Crippen molar-refractivity contribution in [3.05, 3.63) is 15.8 Å². The van der Waals surface area contributed by atoms with Gasteiger partial charge in [0, 0.05) is 0 Å². The molecule has 0 spiro atoms. The van der Waals surface area contributed by atoms with Crippen molar-refractivity contribution in [2.24, 2.45) is 0 Å². The Labute approximate surface area is 103 Å². The molecule has 1 aromatic heterocycles. The molecule has 0 atom stereocenters. The number of carboxylic acid groups (broad SMARTS) is 1. The van der Waals surface area contributed by atoms with E-state index < -0.39 is 13.6 Å². The molecule has 0 aromatic carbocycles. The lowest BCUT2D eigenvalue weighted by molar-refractivity contribution is 0.0703. The average molecular weight is 278 g/mol. The van der Waals surface area contributed by atoms with Crippen LogP contribution < -0.4 is 5.30 Å². The fraction of sp³-hybridized carbons (Fsp3) is 0.500. The van der Waals surface area contributed by atoms with Crippen molar-refractivity contribution in [1.29, 1.82) is 0 Å². The first-order valence-corrected chi connectivity index (χ1v) is 7.77. The number of rotatable bonds is 6. The summed E-state index contributed by atoms with van der Waals surface area (Å²) in [6.45, 7) is 2.03. The summed E-state index contributed by atoms with van der Waals surface area (Å²) in [5.74, 6) is -1.28. The first-order valence-electron chi connectivity index (χ1n) is 5.27. The van der Waals surface area contributed by atoms with Gasteiger partial charge < -0.3 is 14.9 Å². The van der Waals surface area contributed by atoms with Crippen LogP contribution in [0.2, 0.25) is 0 Å². The van der Waals surface area contributed by atoms with Gasteiger partial charge in [-0.25, -0.2) is 4.79 Å². The number of aryl methyl sites for hydroxylation is 1. The van der Waals surface area contributed by atoms with Gasteiger partial charge in [0.25, 0.3) is 0 Å². The Kier molecular flexibility index (Phi) is 4.89. The van der Waals surface area contributed by atoms with Crippen molar-refractivity contribution in [3.8, 4) is 0 Å². The van der Waals surface area contributed by atoms with Crippen LogP contribution in [-0.4, -0.2) is 20.9 Å². The van der Waals surface area contributed by atoms with Crippen LogP contribution in [0.25, 0.3) is 0 Å². The molecule has 0 fully saturated rings. The van der Waals surface area contributed by atoms with Gasteiger partial charge in [-0.3, -0.25) is 4.57 Å². The van der Waals surface area contributed by atoms with Gasteiger partial charge in [-0.05, 0) is 23.8 Å². The van der Waals surface area contributed by atoms with Crippen LogP contribution >= 0.6 is 18.9 Å². The molecule has 0 unspecified atom stereocenters. The quantitative estimate of drug-likeness (QED) is 0.546. The van der Waals surface area contributed by atoms with Gasteiger partial charge in [0.2, 0.25) is 0 Å². The predicted molar refractivity (Wildman–Crippen MR) is 66.2 cm³/mol. The predicted octanol–water partition coefficient (Wildman–Crippen LogP) is 1.98. The van der Waals surface area contributed by atoms with Crippen molar-refractivity contribution in [2.45, 2.75) is 32.6 Å². The average Bonchev–Trinajstić information content (AvgIpc) is 2.61. The van der Waals surface area contributed by atoms with E-state index in [1.807, 2.05) is 6.92 Å². The van der Waals surface area contributed by atoms with Crippen molar-refractivity contribution < 1.29 is 24.3 Å². The highest BCUT2D eigenvalue weighted by Gasteiger charge is 2.30. The molecule has 7 heteroatoms. The van der Waals surface area contributed by atoms with Crippen molar-refractivity contribution >= 4 is 30.2 Å². The zero-order valence-corrected chi connectivity index (χ0v) is 11.1. The summed E-state index contributed by atoms with van der Waals surface area (Å²) in [4.78, 5) is 29.0. The Bertz CT molecular complexity index is 448. The highest BCUT2D eigenvalue weighted by atomic mass is 32.1.